The predicted octanol–water partition coefficient (Wildman–Crippen LogP) is 4.02. The Bertz CT molecular complexity index is 487. The lowest BCUT2D eigenvalue weighted by molar-refractivity contribution is -0.181. The van der Waals surface area contributed by atoms with Gasteiger partial charge in [-0.25, -0.2) is 0 Å². The van der Waals surface area contributed by atoms with Crippen LogP contribution in [0.3, 0.4) is 0 Å². The Balaban J connectivity index is 1.57. The fourth-order valence-corrected chi connectivity index (χ4v) is 8.10. The van der Waals surface area contributed by atoms with Crippen molar-refractivity contribution in [2.24, 2.45) is 46.2 Å². The average Bonchev–Trinajstić information content (AvgIpc) is 2.82. The van der Waals surface area contributed by atoms with Gasteiger partial charge in [-0.05, 0) is 91.8 Å². The van der Waals surface area contributed by atoms with Gasteiger partial charge in [0.05, 0.1) is 0 Å². The highest BCUT2D eigenvalue weighted by Gasteiger charge is 2.59. The smallest absolute Gasteiger partial charge is 0.220 e. The molecule has 4 fully saturated rings. The van der Waals surface area contributed by atoms with Gasteiger partial charge in [-0.1, -0.05) is 26.7 Å². The van der Waals surface area contributed by atoms with Gasteiger partial charge in [-0.3, -0.25) is 5.73 Å². The van der Waals surface area contributed by atoms with E-state index in [1.165, 1.54) is 57.8 Å². The van der Waals surface area contributed by atoms with Crippen molar-refractivity contribution >= 4 is 0 Å². The van der Waals surface area contributed by atoms with Crippen LogP contribution in [-0.2, 0) is 0 Å². The fraction of sp³-hybridized carbons (Fsp3) is 1.00. The first-order valence-corrected chi connectivity index (χ1v) is 10.5. The van der Waals surface area contributed by atoms with Crippen molar-refractivity contribution in [1.29, 1.82) is 0 Å². The normalized spacial score (nSPS) is 51.6. The summed E-state index contributed by atoms with van der Waals surface area (Å²) >= 11 is 0. The van der Waals surface area contributed by atoms with E-state index in [9.17, 15) is 10.2 Å². The highest BCUT2D eigenvalue weighted by atomic mass is 16.5. The molecule has 0 aliphatic heterocycles. The lowest BCUT2D eigenvalue weighted by atomic mass is 9.45. The van der Waals surface area contributed by atoms with E-state index in [1.54, 1.807) is 0 Å². The summed E-state index contributed by atoms with van der Waals surface area (Å²) in [5, 5.41) is 19.5. The molecule has 0 aromatic heterocycles. The van der Waals surface area contributed by atoms with Crippen LogP contribution in [0.15, 0.2) is 0 Å². The van der Waals surface area contributed by atoms with Crippen LogP contribution >= 0.6 is 0 Å². The van der Waals surface area contributed by atoms with Crippen molar-refractivity contribution in [3.05, 3.63) is 0 Å². The third-order valence-corrected chi connectivity index (χ3v) is 9.33. The number of hydrogen-bond acceptors (Lipinski definition) is 3. The number of aliphatic hydroxyl groups is 2. The molecule has 0 amide bonds. The lowest BCUT2D eigenvalue weighted by Crippen LogP contribution is -2.53. The maximum absolute atomic E-state index is 9.74. The maximum Gasteiger partial charge on any atom is 0.220 e. The first-order chi connectivity index (χ1) is 11.2. The van der Waals surface area contributed by atoms with Crippen LogP contribution in [0.4, 0.5) is 0 Å². The Hall–Kier alpha value is -0.120. The molecule has 4 aliphatic rings. The van der Waals surface area contributed by atoms with E-state index in [-0.39, 0.29) is 5.41 Å². The van der Waals surface area contributed by atoms with E-state index >= 15 is 0 Å². The van der Waals surface area contributed by atoms with E-state index < -0.39 is 5.91 Å². The van der Waals surface area contributed by atoms with Crippen LogP contribution in [0.1, 0.15) is 84.5 Å². The van der Waals surface area contributed by atoms with Crippen LogP contribution in [0.5, 0.6) is 0 Å². The molecule has 4 N–H and O–H groups in total. The highest BCUT2D eigenvalue weighted by Crippen LogP contribution is 2.67. The fourth-order valence-electron chi connectivity index (χ4n) is 8.10. The van der Waals surface area contributed by atoms with Gasteiger partial charge in [0.1, 0.15) is 0 Å². The van der Waals surface area contributed by atoms with E-state index in [0.29, 0.717) is 17.8 Å². The standard InChI is InChI=1S/C21H37NO2/c1-19-11-4-3-5-14(19)6-8-16-17-9-7-15(13-21(22,23)24)20(17,2)12-10-18(16)19/h14-18,23-24H,3-13,22H2,1-2H3/t14?,15-,16+,17+,18+,19+,20-/m1/s1. The third-order valence-electron chi connectivity index (χ3n) is 9.33. The zero-order chi connectivity index (χ0) is 17.2. The van der Waals surface area contributed by atoms with Crippen LogP contribution < -0.4 is 5.73 Å². The van der Waals surface area contributed by atoms with Gasteiger partial charge in [-0.15, -0.1) is 0 Å². The summed E-state index contributed by atoms with van der Waals surface area (Å²) < 4.78 is 0. The molecule has 0 saturated heterocycles. The number of hydrogen-bond donors (Lipinski definition) is 3. The third kappa shape index (κ3) is 2.57. The van der Waals surface area contributed by atoms with Crippen molar-refractivity contribution in [3.63, 3.8) is 0 Å². The number of fused-ring (bicyclic) bond motifs is 5. The molecule has 0 radical (unpaired) electrons. The minimum Gasteiger partial charge on any atom is -0.354 e. The summed E-state index contributed by atoms with van der Waals surface area (Å²) in [5.41, 5.74) is 6.41. The summed E-state index contributed by atoms with van der Waals surface area (Å²) in [7, 11) is 0. The van der Waals surface area contributed by atoms with Crippen molar-refractivity contribution in [2.45, 2.75) is 90.4 Å². The molecule has 0 bridgehead atoms. The van der Waals surface area contributed by atoms with E-state index in [4.69, 9.17) is 5.73 Å². The highest BCUT2D eigenvalue weighted by molar-refractivity contribution is 5.08. The molecule has 1 unspecified atom stereocenters. The topological polar surface area (TPSA) is 66.5 Å². The Morgan fingerprint density at radius 2 is 1.62 bits per heavy atom. The van der Waals surface area contributed by atoms with Gasteiger partial charge < -0.3 is 10.2 Å². The maximum atomic E-state index is 9.74. The molecule has 4 saturated carbocycles. The molecule has 7 atom stereocenters. The van der Waals surface area contributed by atoms with E-state index in [2.05, 4.69) is 13.8 Å². The van der Waals surface area contributed by atoms with Gasteiger partial charge in [0.15, 0.2) is 0 Å². The number of rotatable bonds is 2. The summed E-state index contributed by atoms with van der Waals surface area (Å²) in [6.07, 6.45) is 14.0. The van der Waals surface area contributed by atoms with Crippen LogP contribution in [0, 0.1) is 40.4 Å². The molecule has 24 heavy (non-hydrogen) atoms. The monoisotopic (exact) mass is 335 g/mol. The molecule has 4 rings (SSSR count). The quantitative estimate of drug-likeness (QED) is 0.668. The SMILES string of the molecule is C[C@]12CC[C@H]3[C@@H](CCC4CCCC[C@@]43C)[C@@H]1CC[C@@H]2CC(N)(O)O. The summed E-state index contributed by atoms with van der Waals surface area (Å²) in [6.45, 7) is 5.06. The first kappa shape index (κ1) is 17.3. The average molecular weight is 336 g/mol. The first-order valence-electron chi connectivity index (χ1n) is 10.5. The second-order valence-electron chi connectivity index (χ2n) is 10.3. The van der Waals surface area contributed by atoms with Gasteiger partial charge >= 0.3 is 0 Å². The minimum atomic E-state index is -1.99. The second kappa shape index (κ2) is 5.69. The zero-order valence-corrected chi connectivity index (χ0v) is 15.6. The molecule has 3 heteroatoms. The molecule has 0 aromatic rings. The van der Waals surface area contributed by atoms with Gasteiger partial charge in [-0.2, -0.15) is 0 Å². The van der Waals surface area contributed by atoms with Crippen LogP contribution in [0.25, 0.3) is 0 Å². The van der Waals surface area contributed by atoms with Gasteiger partial charge in [0, 0.05) is 6.42 Å². The minimum absolute atomic E-state index is 0.273. The summed E-state index contributed by atoms with van der Waals surface area (Å²) in [4.78, 5) is 0. The van der Waals surface area contributed by atoms with Crippen LogP contribution in [-0.4, -0.2) is 16.1 Å². The summed E-state index contributed by atoms with van der Waals surface area (Å²) in [6, 6.07) is 0. The second-order valence-corrected chi connectivity index (χ2v) is 10.3. The number of nitrogens with two attached hydrogens (primary N) is 1. The molecule has 138 valence electrons. The molecule has 3 nitrogen and oxygen atoms in total. The van der Waals surface area contributed by atoms with Gasteiger partial charge in [0.2, 0.25) is 5.91 Å². The van der Waals surface area contributed by atoms with Gasteiger partial charge in [0.25, 0.3) is 0 Å². The molecule has 0 aromatic carbocycles. The zero-order valence-electron chi connectivity index (χ0n) is 15.6. The molecular formula is C21H37NO2. The molecule has 0 spiro atoms. The van der Waals surface area contributed by atoms with E-state index in [0.717, 1.165) is 30.1 Å². The van der Waals surface area contributed by atoms with E-state index in [1.807, 2.05) is 0 Å². The molecule has 4 aliphatic carbocycles. The molecule has 0 heterocycles. The van der Waals surface area contributed by atoms with Crippen LogP contribution in [0.2, 0.25) is 0 Å². The Morgan fingerprint density at radius 3 is 2.38 bits per heavy atom. The largest absolute Gasteiger partial charge is 0.354 e. The summed E-state index contributed by atoms with van der Waals surface area (Å²) in [5.74, 6) is 1.92. The van der Waals surface area contributed by atoms with Crippen molar-refractivity contribution in [2.75, 3.05) is 0 Å². The predicted molar refractivity (Wildman–Crippen MR) is 95.8 cm³/mol. The van der Waals surface area contributed by atoms with Crippen molar-refractivity contribution < 1.29 is 10.2 Å². The molecular weight excluding hydrogens is 298 g/mol. The Kier molecular flexibility index (Phi) is 4.10. The van der Waals surface area contributed by atoms with Crippen molar-refractivity contribution in [1.82, 2.24) is 0 Å². The lowest BCUT2D eigenvalue weighted by Gasteiger charge is -2.60. The van der Waals surface area contributed by atoms with Crippen molar-refractivity contribution in [3.8, 4) is 0 Å². The Morgan fingerprint density at radius 1 is 0.875 bits per heavy atom. The Labute approximate surface area is 147 Å².